The number of carboxylic acids is 1. The highest BCUT2D eigenvalue weighted by Crippen LogP contribution is 2.21. The molecule has 2 amide bonds. The molecule has 0 aliphatic heterocycles. The minimum Gasteiger partial charge on any atom is -0.479 e. The molecule has 1 aromatic carbocycles. The van der Waals surface area contributed by atoms with E-state index in [1.807, 2.05) is 6.92 Å². The van der Waals surface area contributed by atoms with Crippen LogP contribution in [0, 0.1) is 0 Å². The van der Waals surface area contributed by atoms with E-state index in [4.69, 9.17) is 0 Å². The molecule has 114 valence electrons. The van der Waals surface area contributed by atoms with Crippen LogP contribution in [-0.4, -0.2) is 35.1 Å². The van der Waals surface area contributed by atoms with Crippen LogP contribution in [0.15, 0.2) is 43.0 Å². The van der Waals surface area contributed by atoms with Gasteiger partial charge in [0.1, 0.15) is 0 Å². The van der Waals surface area contributed by atoms with Crippen LogP contribution in [0.2, 0.25) is 0 Å². The second-order valence-corrected chi connectivity index (χ2v) is 4.96. The summed E-state index contributed by atoms with van der Waals surface area (Å²) in [5.41, 5.74) is -0.938. The predicted molar refractivity (Wildman–Crippen MR) is 82.0 cm³/mol. The van der Waals surface area contributed by atoms with Gasteiger partial charge >= 0.3 is 12.0 Å². The fourth-order valence-electron chi connectivity index (χ4n) is 2.02. The number of benzene rings is 1. The molecule has 1 atom stereocenters. The number of hydrogen-bond acceptors (Lipinski definition) is 2. The van der Waals surface area contributed by atoms with E-state index >= 15 is 0 Å². The van der Waals surface area contributed by atoms with Gasteiger partial charge in [-0.15, -0.1) is 6.58 Å². The summed E-state index contributed by atoms with van der Waals surface area (Å²) in [6.45, 7) is 7.98. The lowest BCUT2D eigenvalue weighted by Crippen LogP contribution is -2.54. The molecular weight excluding hydrogens is 268 g/mol. The summed E-state index contributed by atoms with van der Waals surface area (Å²) in [5, 5.41) is 12.1. The minimum atomic E-state index is -1.47. The molecule has 0 aliphatic rings. The zero-order valence-electron chi connectivity index (χ0n) is 12.5. The van der Waals surface area contributed by atoms with E-state index in [9.17, 15) is 14.7 Å². The molecule has 1 unspecified atom stereocenters. The molecule has 0 aromatic heterocycles. The van der Waals surface area contributed by atoms with E-state index in [0.29, 0.717) is 18.7 Å². The molecule has 21 heavy (non-hydrogen) atoms. The Morgan fingerprint density at radius 3 is 2.48 bits per heavy atom. The number of nitrogens with zero attached hydrogens (tertiary/aromatic N) is 1. The molecule has 2 N–H and O–H groups in total. The van der Waals surface area contributed by atoms with Crippen molar-refractivity contribution in [2.75, 3.05) is 13.1 Å². The molecule has 0 spiro atoms. The molecule has 0 aliphatic carbocycles. The SMILES string of the molecule is C=CCN(CCC)C(=O)NC(C)(C(=O)O)c1ccccc1. The van der Waals surface area contributed by atoms with Gasteiger partial charge < -0.3 is 15.3 Å². The normalized spacial score (nSPS) is 13.0. The average Bonchev–Trinajstić information content (AvgIpc) is 2.47. The van der Waals surface area contributed by atoms with Crippen molar-refractivity contribution in [3.63, 3.8) is 0 Å². The Kier molecular flexibility index (Phi) is 5.96. The summed E-state index contributed by atoms with van der Waals surface area (Å²) >= 11 is 0. The van der Waals surface area contributed by atoms with Gasteiger partial charge in [0.05, 0.1) is 0 Å². The van der Waals surface area contributed by atoms with Gasteiger partial charge in [-0.2, -0.15) is 0 Å². The quantitative estimate of drug-likeness (QED) is 0.758. The Morgan fingerprint density at radius 1 is 1.38 bits per heavy atom. The van der Waals surface area contributed by atoms with Crippen LogP contribution in [0.5, 0.6) is 0 Å². The van der Waals surface area contributed by atoms with Crippen LogP contribution in [-0.2, 0) is 10.3 Å². The topological polar surface area (TPSA) is 69.6 Å². The zero-order valence-corrected chi connectivity index (χ0v) is 12.5. The largest absolute Gasteiger partial charge is 0.479 e. The third-order valence-corrected chi connectivity index (χ3v) is 3.27. The number of aliphatic carboxylic acids is 1. The van der Waals surface area contributed by atoms with Crippen molar-refractivity contribution in [3.8, 4) is 0 Å². The van der Waals surface area contributed by atoms with E-state index < -0.39 is 17.5 Å². The Balaban J connectivity index is 3.00. The maximum atomic E-state index is 12.3. The fraction of sp³-hybridized carbons (Fsp3) is 0.375. The second kappa shape index (κ2) is 7.47. The smallest absolute Gasteiger partial charge is 0.333 e. The van der Waals surface area contributed by atoms with Crippen LogP contribution in [0.25, 0.3) is 0 Å². The number of carbonyl (C=O) groups is 2. The summed E-state index contributed by atoms with van der Waals surface area (Å²) in [6.07, 6.45) is 2.41. The van der Waals surface area contributed by atoms with Gasteiger partial charge in [-0.25, -0.2) is 9.59 Å². The number of carbonyl (C=O) groups excluding carboxylic acids is 1. The Labute approximate surface area is 125 Å². The van der Waals surface area contributed by atoms with E-state index in [1.165, 1.54) is 11.8 Å². The highest BCUT2D eigenvalue weighted by Gasteiger charge is 2.37. The summed E-state index contributed by atoms with van der Waals surface area (Å²) in [4.78, 5) is 25.5. The van der Waals surface area contributed by atoms with Gasteiger partial charge in [-0.05, 0) is 18.9 Å². The van der Waals surface area contributed by atoms with Crippen molar-refractivity contribution >= 4 is 12.0 Å². The lowest BCUT2D eigenvalue weighted by atomic mass is 9.92. The summed E-state index contributed by atoms with van der Waals surface area (Å²) in [7, 11) is 0. The molecule has 0 bridgehead atoms. The first kappa shape index (κ1) is 16.8. The molecular formula is C16H22N2O3. The third-order valence-electron chi connectivity index (χ3n) is 3.27. The number of nitrogens with one attached hydrogen (secondary N) is 1. The zero-order chi connectivity index (χ0) is 15.9. The second-order valence-electron chi connectivity index (χ2n) is 4.96. The molecule has 5 heteroatoms. The summed E-state index contributed by atoms with van der Waals surface area (Å²) in [6, 6.07) is 8.25. The van der Waals surface area contributed by atoms with E-state index in [-0.39, 0.29) is 0 Å². The standard InChI is InChI=1S/C16H22N2O3/c1-4-11-18(12-5-2)15(21)17-16(3,14(19)20)13-9-7-6-8-10-13/h4,6-10H,1,5,11-12H2,2-3H3,(H,17,21)(H,19,20). The first-order valence-electron chi connectivity index (χ1n) is 6.92. The minimum absolute atomic E-state index is 0.379. The Bertz CT molecular complexity index is 502. The number of hydrogen-bond donors (Lipinski definition) is 2. The fourth-order valence-corrected chi connectivity index (χ4v) is 2.02. The lowest BCUT2D eigenvalue weighted by Gasteiger charge is -2.30. The van der Waals surface area contributed by atoms with Crippen molar-refractivity contribution < 1.29 is 14.7 Å². The van der Waals surface area contributed by atoms with Gasteiger partial charge in [0.15, 0.2) is 5.54 Å². The van der Waals surface area contributed by atoms with Crippen molar-refractivity contribution in [2.24, 2.45) is 0 Å². The third kappa shape index (κ3) is 4.08. The van der Waals surface area contributed by atoms with Crippen molar-refractivity contribution in [2.45, 2.75) is 25.8 Å². The first-order valence-corrected chi connectivity index (χ1v) is 6.92. The van der Waals surface area contributed by atoms with Crippen molar-refractivity contribution in [1.29, 1.82) is 0 Å². The highest BCUT2D eigenvalue weighted by molar-refractivity contribution is 5.87. The lowest BCUT2D eigenvalue weighted by molar-refractivity contribution is -0.144. The molecule has 0 saturated heterocycles. The van der Waals surface area contributed by atoms with Crippen LogP contribution < -0.4 is 5.32 Å². The molecule has 0 radical (unpaired) electrons. The van der Waals surface area contributed by atoms with E-state index in [1.54, 1.807) is 36.4 Å². The van der Waals surface area contributed by atoms with Crippen LogP contribution in [0.1, 0.15) is 25.8 Å². The highest BCUT2D eigenvalue weighted by atomic mass is 16.4. The Morgan fingerprint density at radius 2 is 2.00 bits per heavy atom. The average molecular weight is 290 g/mol. The van der Waals surface area contributed by atoms with Gasteiger partial charge in [-0.3, -0.25) is 0 Å². The number of amides is 2. The molecule has 0 saturated carbocycles. The van der Waals surface area contributed by atoms with Crippen LogP contribution >= 0.6 is 0 Å². The van der Waals surface area contributed by atoms with Gasteiger partial charge in [0.2, 0.25) is 0 Å². The molecule has 1 aromatic rings. The predicted octanol–water partition coefficient (Wildman–Crippen LogP) is 2.59. The number of rotatable bonds is 7. The number of carboxylic acid groups (broad SMARTS) is 1. The summed E-state index contributed by atoms with van der Waals surface area (Å²) in [5.74, 6) is -1.10. The monoisotopic (exact) mass is 290 g/mol. The molecule has 0 fully saturated rings. The maximum Gasteiger partial charge on any atom is 0.333 e. The van der Waals surface area contributed by atoms with Gasteiger partial charge in [0, 0.05) is 13.1 Å². The van der Waals surface area contributed by atoms with Crippen LogP contribution in [0.3, 0.4) is 0 Å². The van der Waals surface area contributed by atoms with E-state index in [2.05, 4.69) is 11.9 Å². The molecule has 1 rings (SSSR count). The first-order chi connectivity index (χ1) is 9.95. The van der Waals surface area contributed by atoms with E-state index in [0.717, 1.165) is 6.42 Å². The summed E-state index contributed by atoms with van der Waals surface area (Å²) < 4.78 is 0. The van der Waals surface area contributed by atoms with Crippen molar-refractivity contribution in [1.82, 2.24) is 10.2 Å². The Hall–Kier alpha value is -2.30. The molecule has 5 nitrogen and oxygen atoms in total. The van der Waals surface area contributed by atoms with Gasteiger partial charge in [0.25, 0.3) is 0 Å². The van der Waals surface area contributed by atoms with Crippen LogP contribution in [0.4, 0.5) is 4.79 Å². The maximum absolute atomic E-state index is 12.3. The van der Waals surface area contributed by atoms with Crippen molar-refractivity contribution in [3.05, 3.63) is 48.6 Å². The van der Waals surface area contributed by atoms with Gasteiger partial charge in [-0.1, -0.05) is 43.3 Å². The number of urea groups is 1. The molecule has 0 heterocycles.